The Balaban J connectivity index is 2.24. The highest BCUT2D eigenvalue weighted by molar-refractivity contribution is 5.84. The SMILES string of the molecule is CC(c1ccccc1F)N(C)c1cnc(C(=O)O)cn1. The summed E-state index contributed by atoms with van der Waals surface area (Å²) in [5, 5.41) is 8.77. The van der Waals surface area contributed by atoms with Crippen molar-refractivity contribution in [2.24, 2.45) is 0 Å². The van der Waals surface area contributed by atoms with Gasteiger partial charge in [0.2, 0.25) is 0 Å². The van der Waals surface area contributed by atoms with E-state index in [1.807, 2.05) is 6.92 Å². The molecule has 0 amide bonds. The fraction of sp³-hybridized carbons (Fsp3) is 0.214. The average molecular weight is 275 g/mol. The predicted molar refractivity (Wildman–Crippen MR) is 72.2 cm³/mol. The van der Waals surface area contributed by atoms with Gasteiger partial charge in [0, 0.05) is 12.6 Å². The van der Waals surface area contributed by atoms with Gasteiger partial charge in [-0.15, -0.1) is 0 Å². The van der Waals surface area contributed by atoms with Gasteiger partial charge in [0.1, 0.15) is 11.6 Å². The van der Waals surface area contributed by atoms with E-state index in [1.165, 1.54) is 18.5 Å². The first-order valence-electron chi connectivity index (χ1n) is 6.03. The number of aromatic nitrogens is 2. The van der Waals surface area contributed by atoms with E-state index in [0.717, 1.165) is 0 Å². The fourth-order valence-corrected chi connectivity index (χ4v) is 1.83. The van der Waals surface area contributed by atoms with Crippen molar-refractivity contribution in [3.8, 4) is 0 Å². The van der Waals surface area contributed by atoms with Crippen LogP contribution in [0.25, 0.3) is 0 Å². The summed E-state index contributed by atoms with van der Waals surface area (Å²) in [4.78, 5) is 20.3. The second kappa shape index (κ2) is 5.64. The standard InChI is InChI=1S/C14H14FN3O2/c1-9(10-5-3-4-6-11(10)15)18(2)13-8-16-12(7-17-13)14(19)20/h3-9H,1-2H3,(H,19,20). The summed E-state index contributed by atoms with van der Waals surface area (Å²) in [6.45, 7) is 1.84. The Kier molecular flexibility index (Phi) is 3.93. The monoisotopic (exact) mass is 275 g/mol. The summed E-state index contributed by atoms with van der Waals surface area (Å²) >= 11 is 0. The van der Waals surface area contributed by atoms with Crippen LogP contribution >= 0.6 is 0 Å². The van der Waals surface area contributed by atoms with Crippen LogP contribution in [0.5, 0.6) is 0 Å². The second-order valence-corrected chi connectivity index (χ2v) is 4.37. The van der Waals surface area contributed by atoms with Gasteiger partial charge >= 0.3 is 5.97 Å². The molecular weight excluding hydrogens is 261 g/mol. The van der Waals surface area contributed by atoms with E-state index in [4.69, 9.17) is 5.11 Å². The minimum Gasteiger partial charge on any atom is -0.476 e. The Labute approximate surface area is 115 Å². The Morgan fingerprint density at radius 3 is 2.55 bits per heavy atom. The lowest BCUT2D eigenvalue weighted by molar-refractivity contribution is 0.0690. The predicted octanol–water partition coefficient (Wildman–Crippen LogP) is 2.51. The first kappa shape index (κ1) is 13.9. The molecule has 104 valence electrons. The van der Waals surface area contributed by atoms with Gasteiger partial charge in [-0.05, 0) is 13.0 Å². The molecule has 0 aliphatic carbocycles. The maximum atomic E-state index is 13.7. The van der Waals surface area contributed by atoms with E-state index in [0.29, 0.717) is 11.4 Å². The van der Waals surface area contributed by atoms with Crippen molar-refractivity contribution >= 4 is 11.8 Å². The molecule has 1 heterocycles. The van der Waals surface area contributed by atoms with Crippen molar-refractivity contribution in [1.82, 2.24) is 9.97 Å². The van der Waals surface area contributed by atoms with E-state index in [2.05, 4.69) is 9.97 Å². The molecule has 0 saturated carbocycles. The van der Waals surface area contributed by atoms with Crippen LogP contribution in [-0.2, 0) is 0 Å². The molecule has 2 rings (SSSR count). The third-order valence-electron chi connectivity index (χ3n) is 3.15. The molecule has 1 aromatic heterocycles. The van der Waals surface area contributed by atoms with E-state index >= 15 is 0 Å². The van der Waals surface area contributed by atoms with E-state index in [1.54, 1.807) is 30.1 Å². The summed E-state index contributed by atoms with van der Waals surface area (Å²) in [5.41, 5.74) is 0.416. The number of hydrogen-bond donors (Lipinski definition) is 1. The molecule has 5 nitrogen and oxygen atoms in total. The van der Waals surface area contributed by atoms with Crippen LogP contribution in [-0.4, -0.2) is 28.1 Å². The molecule has 0 saturated heterocycles. The summed E-state index contributed by atoms with van der Waals surface area (Å²) in [6, 6.07) is 6.25. The molecule has 1 atom stereocenters. The van der Waals surface area contributed by atoms with Crippen LogP contribution in [0.4, 0.5) is 10.2 Å². The molecular formula is C14H14FN3O2. The maximum absolute atomic E-state index is 13.7. The lowest BCUT2D eigenvalue weighted by Gasteiger charge is -2.26. The Morgan fingerprint density at radius 1 is 1.30 bits per heavy atom. The molecule has 2 aromatic rings. The number of aromatic carboxylic acids is 1. The summed E-state index contributed by atoms with van der Waals surface area (Å²) in [6.07, 6.45) is 2.54. The number of carbonyl (C=O) groups is 1. The van der Waals surface area contributed by atoms with Crippen LogP contribution in [0.1, 0.15) is 29.0 Å². The summed E-state index contributed by atoms with van der Waals surface area (Å²) in [7, 11) is 1.75. The number of nitrogens with zero attached hydrogens (tertiary/aromatic N) is 3. The molecule has 1 N–H and O–H groups in total. The van der Waals surface area contributed by atoms with Crippen molar-refractivity contribution in [1.29, 1.82) is 0 Å². The minimum absolute atomic E-state index is 0.124. The number of carboxylic acid groups (broad SMARTS) is 1. The zero-order chi connectivity index (χ0) is 14.7. The number of rotatable bonds is 4. The molecule has 0 fully saturated rings. The van der Waals surface area contributed by atoms with Gasteiger partial charge in [0.05, 0.1) is 18.4 Å². The quantitative estimate of drug-likeness (QED) is 0.928. The van der Waals surface area contributed by atoms with Crippen molar-refractivity contribution in [3.05, 3.63) is 53.7 Å². The van der Waals surface area contributed by atoms with Gasteiger partial charge in [-0.2, -0.15) is 0 Å². The van der Waals surface area contributed by atoms with Crippen LogP contribution in [0.3, 0.4) is 0 Å². The van der Waals surface area contributed by atoms with Crippen LogP contribution in [0.15, 0.2) is 36.7 Å². The molecule has 6 heteroatoms. The number of carboxylic acids is 1. The first-order chi connectivity index (χ1) is 9.50. The largest absolute Gasteiger partial charge is 0.476 e. The van der Waals surface area contributed by atoms with E-state index in [-0.39, 0.29) is 17.6 Å². The summed E-state index contributed by atoms with van der Waals surface area (Å²) in [5.74, 6) is -0.943. The zero-order valence-electron chi connectivity index (χ0n) is 11.1. The lowest BCUT2D eigenvalue weighted by Crippen LogP contribution is -2.23. The highest BCUT2D eigenvalue weighted by Gasteiger charge is 2.17. The van der Waals surface area contributed by atoms with Gasteiger partial charge in [0.25, 0.3) is 0 Å². The highest BCUT2D eigenvalue weighted by atomic mass is 19.1. The molecule has 20 heavy (non-hydrogen) atoms. The number of halogens is 1. The van der Waals surface area contributed by atoms with Crippen LogP contribution in [0.2, 0.25) is 0 Å². The molecule has 0 spiro atoms. The molecule has 0 radical (unpaired) electrons. The van der Waals surface area contributed by atoms with Crippen molar-refractivity contribution in [2.75, 3.05) is 11.9 Å². The molecule has 1 aromatic carbocycles. The smallest absolute Gasteiger partial charge is 0.356 e. The van der Waals surface area contributed by atoms with Gasteiger partial charge in [-0.25, -0.2) is 19.2 Å². The molecule has 0 bridgehead atoms. The van der Waals surface area contributed by atoms with Gasteiger partial charge in [0.15, 0.2) is 5.69 Å². The number of hydrogen-bond acceptors (Lipinski definition) is 4. The second-order valence-electron chi connectivity index (χ2n) is 4.37. The van der Waals surface area contributed by atoms with Crippen molar-refractivity contribution in [2.45, 2.75) is 13.0 Å². The van der Waals surface area contributed by atoms with Gasteiger partial charge in [-0.1, -0.05) is 18.2 Å². The van der Waals surface area contributed by atoms with Gasteiger partial charge in [-0.3, -0.25) is 0 Å². The normalized spacial score (nSPS) is 11.9. The molecule has 0 aliphatic rings. The van der Waals surface area contributed by atoms with E-state index < -0.39 is 5.97 Å². The highest BCUT2D eigenvalue weighted by Crippen LogP contribution is 2.25. The molecule has 1 unspecified atom stereocenters. The molecule has 0 aliphatic heterocycles. The third kappa shape index (κ3) is 2.74. The number of benzene rings is 1. The Hall–Kier alpha value is -2.50. The third-order valence-corrected chi connectivity index (χ3v) is 3.15. The maximum Gasteiger partial charge on any atom is 0.356 e. The van der Waals surface area contributed by atoms with Gasteiger partial charge < -0.3 is 10.0 Å². The zero-order valence-corrected chi connectivity index (χ0v) is 11.1. The topological polar surface area (TPSA) is 66.3 Å². The number of anilines is 1. The average Bonchev–Trinajstić information content (AvgIpc) is 2.46. The van der Waals surface area contributed by atoms with Crippen molar-refractivity contribution in [3.63, 3.8) is 0 Å². The lowest BCUT2D eigenvalue weighted by atomic mass is 10.1. The minimum atomic E-state index is -1.13. The Morgan fingerprint density at radius 2 is 2.00 bits per heavy atom. The fourth-order valence-electron chi connectivity index (χ4n) is 1.83. The Bertz CT molecular complexity index is 616. The van der Waals surface area contributed by atoms with Crippen molar-refractivity contribution < 1.29 is 14.3 Å². The first-order valence-corrected chi connectivity index (χ1v) is 6.03. The van der Waals surface area contributed by atoms with Crippen LogP contribution < -0.4 is 4.90 Å². The van der Waals surface area contributed by atoms with E-state index in [9.17, 15) is 9.18 Å². The summed E-state index contributed by atoms with van der Waals surface area (Å²) < 4.78 is 13.7. The van der Waals surface area contributed by atoms with Crippen LogP contribution in [0, 0.1) is 5.82 Å².